The van der Waals surface area contributed by atoms with Crippen LogP contribution in [-0.4, -0.2) is 11.0 Å². The Labute approximate surface area is 57.1 Å². The van der Waals surface area contributed by atoms with Crippen molar-refractivity contribution < 1.29 is 28.7 Å². The average Bonchev–Trinajstić information content (AvgIpc) is 1.25. The predicted octanol–water partition coefficient (Wildman–Crippen LogP) is -3.65. The van der Waals surface area contributed by atoms with Crippen LogP contribution < -0.4 is 19.6 Å². The van der Waals surface area contributed by atoms with E-state index in [4.69, 9.17) is 28.7 Å². The summed E-state index contributed by atoms with van der Waals surface area (Å²) in [5, 5.41) is 0. The van der Waals surface area contributed by atoms with Crippen molar-refractivity contribution in [2.45, 2.75) is 0 Å². The fourth-order valence-electron chi connectivity index (χ4n) is 0. The Morgan fingerprint density at radius 3 is 0.778 bits per heavy atom. The summed E-state index contributed by atoms with van der Waals surface area (Å²) in [7, 11) is -6.74. The zero-order valence-electron chi connectivity index (χ0n) is 3.84. The molecule has 48 valence electrons. The molecule has 0 aliphatic carbocycles. The van der Waals surface area contributed by atoms with Gasteiger partial charge < -0.3 is 19.6 Å². The van der Waals surface area contributed by atoms with Crippen molar-refractivity contribution >= 4 is 27.5 Å². The van der Waals surface area contributed by atoms with Gasteiger partial charge in [-0.05, 0) is 0 Å². The van der Waals surface area contributed by atoms with Crippen molar-refractivity contribution in [3.05, 3.63) is 0 Å². The summed E-state index contributed by atoms with van der Waals surface area (Å²) in [6.07, 6.45) is 0. The number of hydrogen-bond donors (Lipinski definition) is 0. The van der Waals surface area contributed by atoms with Gasteiger partial charge in [-0.25, -0.2) is 0 Å². The van der Waals surface area contributed by atoms with Gasteiger partial charge in [-0.15, -0.1) is 0 Å². The molecule has 0 radical (unpaired) electrons. The van der Waals surface area contributed by atoms with Crippen LogP contribution in [0.4, 0.5) is 0 Å². The molecule has 0 aromatic heterocycles. The molecule has 0 saturated carbocycles. The first-order valence-electron chi connectivity index (χ1n) is 1.10. The molecule has 0 aromatic carbocycles. The quantitative estimate of drug-likeness (QED) is 0.283. The van der Waals surface area contributed by atoms with E-state index in [-0.39, 0.29) is 11.0 Å². The fourth-order valence-corrected chi connectivity index (χ4v) is 0. The van der Waals surface area contributed by atoms with Crippen molar-refractivity contribution in [1.29, 1.82) is 0 Å². The Hall–Kier alpha value is 0.257. The third-order valence-corrected chi connectivity index (χ3v) is 0. The van der Waals surface area contributed by atoms with Crippen LogP contribution in [0.25, 0.3) is 0 Å². The molecule has 0 saturated heterocycles. The summed E-state index contributed by atoms with van der Waals surface area (Å²) in [5.74, 6) is 0. The molecule has 0 amide bonds. The van der Waals surface area contributed by atoms with E-state index in [1.807, 2.05) is 0 Å². The molecule has 0 aliphatic rings. The van der Waals surface area contributed by atoms with Crippen LogP contribution in [0.3, 0.4) is 0 Å². The van der Waals surface area contributed by atoms with E-state index < -0.39 is 16.5 Å². The number of rotatable bonds is 0. The Morgan fingerprint density at radius 1 is 0.778 bits per heavy atom. The first-order valence-corrected chi connectivity index (χ1v) is 3.29. The van der Waals surface area contributed by atoms with Gasteiger partial charge in [0.15, 0.2) is 0 Å². The normalized spacial score (nSPS) is 5.78. The van der Waals surface area contributed by atoms with E-state index in [1.54, 1.807) is 0 Å². The molecular weight excluding hydrogens is 186 g/mol. The van der Waals surface area contributed by atoms with E-state index in [0.717, 1.165) is 0 Å². The minimum Gasteiger partial charge on any atom is -0.598 e. The van der Waals surface area contributed by atoms with Gasteiger partial charge in [-0.3, -0.25) is 0 Å². The SMILES string of the molecule is O=[P+]([O-])[O-].O=[P+]([O-])[O-].[Si+4]. The Kier molecular flexibility index (Phi) is 19.9. The van der Waals surface area contributed by atoms with Crippen molar-refractivity contribution in [2.24, 2.45) is 0 Å². The standard InChI is InChI=1S/2HO3P.Si/c2*1-4(2)3;/h2*(H,1,2,3);/q;;+4/p-2. The number of hydrogen-bond acceptors (Lipinski definition) is 6. The molecule has 0 atom stereocenters. The summed E-state index contributed by atoms with van der Waals surface area (Å²) in [6.45, 7) is 0. The molecule has 0 bridgehead atoms. The largest absolute Gasteiger partial charge is 4.00 e. The maximum atomic E-state index is 8.48. The predicted molar refractivity (Wildman–Crippen MR) is 21.0 cm³/mol. The topological polar surface area (TPSA) is 126 Å². The van der Waals surface area contributed by atoms with Crippen molar-refractivity contribution in [1.82, 2.24) is 0 Å². The van der Waals surface area contributed by atoms with E-state index in [0.29, 0.717) is 0 Å². The summed E-state index contributed by atoms with van der Waals surface area (Å²) < 4.78 is 17.0. The molecule has 0 fully saturated rings. The third-order valence-electron chi connectivity index (χ3n) is 0. The first-order chi connectivity index (χ1) is 3.46. The van der Waals surface area contributed by atoms with Crippen LogP contribution in [0.1, 0.15) is 0 Å². The van der Waals surface area contributed by atoms with Gasteiger partial charge in [-0.2, -0.15) is 0 Å². The van der Waals surface area contributed by atoms with Gasteiger partial charge in [0.05, 0.1) is 0 Å². The van der Waals surface area contributed by atoms with Gasteiger partial charge in [0, 0.05) is 0 Å². The van der Waals surface area contributed by atoms with Crippen molar-refractivity contribution in [2.75, 3.05) is 0 Å². The molecule has 0 spiro atoms. The van der Waals surface area contributed by atoms with Crippen LogP contribution >= 0.6 is 16.5 Å². The summed E-state index contributed by atoms with van der Waals surface area (Å²) >= 11 is 0. The summed E-state index contributed by atoms with van der Waals surface area (Å²) in [5.41, 5.74) is 0. The van der Waals surface area contributed by atoms with Crippen LogP contribution in [-0.2, 0) is 9.13 Å². The minimum absolute atomic E-state index is 0. The van der Waals surface area contributed by atoms with Crippen LogP contribution in [0.15, 0.2) is 0 Å². The zero-order chi connectivity index (χ0) is 7.15. The molecule has 0 unspecified atom stereocenters. The summed E-state index contributed by atoms with van der Waals surface area (Å²) in [6, 6.07) is 0. The van der Waals surface area contributed by atoms with Gasteiger partial charge in [0.2, 0.25) is 0 Å². The van der Waals surface area contributed by atoms with Crippen LogP contribution in [0, 0.1) is 0 Å². The second-order valence-corrected chi connectivity index (χ2v) is 1.34. The van der Waals surface area contributed by atoms with Gasteiger partial charge in [0.25, 0.3) is 16.5 Å². The minimum atomic E-state index is -3.37. The van der Waals surface area contributed by atoms with E-state index in [2.05, 4.69) is 0 Å². The van der Waals surface area contributed by atoms with Crippen molar-refractivity contribution in [3.8, 4) is 0 Å². The smallest absolute Gasteiger partial charge is 0.598 e. The van der Waals surface area contributed by atoms with Crippen LogP contribution in [0.2, 0.25) is 0 Å². The van der Waals surface area contributed by atoms with E-state index >= 15 is 0 Å². The molecule has 0 N–H and O–H groups in total. The first kappa shape index (κ1) is 16.1. The van der Waals surface area contributed by atoms with Crippen LogP contribution in [0.5, 0.6) is 0 Å². The molecule has 0 rings (SSSR count). The summed E-state index contributed by atoms with van der Waals surface area (Å²) in [4.78, 5) is 33.9. The third kappa shape index (κ3) is 4900. The molecular formula is O6P2Si+2. The zero-order valence-corrected chi connectivity index (χ0v) is 6.63. The average molecular weight is 186 g/mol. The maximum Gasteiger partial charge on any atom is 4.00 e. The second-order valence-electron chi connectivity index (χ2n) is 0.447. The fraction of sp³-hybridized carbons (Fsp3) is 0. The monoisotopic (exact) mass is 186 g/mol. The van der Waals surface area contributed by atoms with Gasteiger partial charge in [-0.1, -0.05) is 9.13 Å². The Balaban J connectivity index is -0.0000000720. The molecule has 0 aliphatic heterocycles. The van der Waals surface area contributed by atoms with Crippen molar-refractivity contribution in [3.63, 3.8) is 0 Å². The Bertz CT molecular complexity index is 69.1. The Morgan fingerprint density at radius 2 is 0.778 bits per heavy atom. The maximum absolute atomic E-state index is 8.48. The van der Waals surface area contributed by atoms with E-state index in [1.165, 1.54) is 0 Å². The van der Waals surface area contributed by atoms with Gasteiger partial charge in [0.1, 0.15) is 0 Å². The van der Waals surface area contributed by atoms with E-state index in [9.17, 15) is 0 Å². The molecule has 9 heavy (non-hydrogen) atoms. The second kappa shape index (κ2) is 11.1. The van der Waals surface area contributed by atoms with Gasteiger partial charge >= 0.3 is 11.0 Å². The molecule has 9 heteroatoms. The molecule has 0 heterocycles. The molecule has 0 aromatic rings. The molecule has 6 nitrogen and oxygen atoms in total.